The number of nitrogens with zero attached hydrogens (tertiary/aromatic N) is 2. The molecule has 0 amide bonds. The highest BCUT2D eigenvalue weighted by atomic mass is 79.9. The van der Waals surface area contributed by atoms with Crippen LogP contribution < -0.4 is 19.6 Å². The van der Waals surface area contributed by atoms with E-state index in [4.69, 9.17) is 30.5 Å². The lowest BCUT2D eigenvalue weighted by Gasteiger charge is -2.27. The van der Waals surface area contributed by atoms with E-state index in [9.17, 15) is 9.59 Å². The first kappa shape index (κ1) is 29.4. The van der Waals surface area contributed by atoms with E-state index in [0.29, 0.717) is 54.2 Å². The zero-order valence-corrected chi connectivity index (χ0v) is 26.5. The fourth-order valence-electron chi connectivity index (χ4n) is 4.57. The van der Waals surface area contributed by atoms with Gasteiger partial charge in [-0.2, -0.15) is 0 Å². The van der Waals surface area contributed by atoms with Gasteiger partial charge in [0.05, 0.1) is 34.0 Å². The third kappa shape index (κ3) is 6.11. The monoisotopic (exact) mass is 672 g/mol. The Morgan fingerprint density at radius 2 is 2.00 bits per heavy atom. The molecular formula is C30H26BrClN2O5S2. The van der Waals surface area contributed by atoms with Crippen LogP contribution in [-0.4, -0.2) is 24.3 Å². The first-order valence-electron chi connectivity index (χ1n) is 12.9. The third-order valence-corrected chi connectivity index (χ3v) is 9.35. The zero-order valence-electron chi connectivity index (χ0n) is 22.5. The number of thiazole rings is 1. The zero-order chi connectivity index (χ0) is 29.1. The number of rotatable bonds is 9. The van der Waals surface area contributed by atoms with Crippen LogP contribution in [-0.2, 0) is 9.53 Å². The first-order valence-corrected chi connectivity index (χ1v) is 15.7. The number of esters is 1. The Labute approximate surface area is 258 Å². The average Bonchev–Trinajstić information content (AvgIpc) is 3.46. The topological polar surface area (TPSA) is 83.0 Å². The number of allylic oxidation sites excluding steroid dienone is 1. The van der Waals surface area contributed by atoms with Gasteiger partial charge in [-0.05, 0) is 65.7 Å². The summed E-state index contributed by atoms with van der Waals surface area (Å²) in [6.07, 6.45) is 2.98. The molecule has 0 aliphatic carbocycles. The van der Waals surface area contributed by atoms with E-state index in [-0.39, 0.29) is 12.2 Å². The third-order valence-electron chi connectivity index (χ3n) is 6.28. The standard InChI is InChI=1S/C30H26BrClN2O5S2/c1-4-9-22-25(28(36)38-5-2)26(20-14-17(32)12-13-23(20)37-3)34-27(35)24(41-30(34)33-22)16-18-15-21(31)29(39-18)40-19-10-7-6-8-11-19/h6-8,10-16,26H,4-5,9H2,1-3H3/b24-16+/t26-/m0/s1. The van der Waals surface area contributed by atoms with Crippen LogP contribution in [0.2, 0.25) is 5.02 Å². The summed E-state index contributed by atoms with van der Waals surface area (Å²) in [5.41, 5.74) is 1.13. The van der Waals surface area contributed by atoms with Gasteiger partial charge in [0.1, 0.15) is 17.6 Å². The lowest BCUT2D eigenvalue weighted by molar-refractivity contribution is -0.139. The van der Waals surface area contributed by atoms with Crippen molar-refractivity contribution in [3.63, 3.8) is 0 Å². The van der Waals surface area contributed by atoms with Gasteiger partial charge in [0.15, 0.2) is 9.89 Å². The maximum atomic E-state index is 14.0. The van der Waals surface area contributed by atoms with E-state index < -0.39 is 12.0 Å². The predicted molar refractivity (Wildman–Crippen MR) is 165 cm³/mol. The second kappa shape index (κ2) is 12.9. The van der Waals surface area contributed by atoms with Crippen LogP contribution in [0.5, 0.6) is 5.75 Å². The van der Waals surface area contributed by atoms with Crippen molar-refractivity contribution < 1.29 is 18.7 Å². The lowest BCUT2D eigenvalue weighted by Crippen LogP contribution is -2.40. The molecule has 0 saturated heterocycles. The van der Waals surface area contributed by atoms with Gasteiger partial charge in [-0.1, -0.05) is 66.2 Å². The lowest BCUT2D eigenvalue weighted by atomic mass is 9.93. The minimum absolute atomic E-state index is 0.183. The van der Waals surface area contributed by atoms with E-state index in [1.54, 1.807) is 31.2 Å². The average molecular weight is 674 g/mol. The van der Waals surface area contributed by atoms with Gasteiger partial charge in [0.25, 0.3) is 5.56 Å². The Balaban J connectivity index is 1.69. The summed E-state index contributed by atoms with van der Waals surface area (Å²) in [5.74, 6) is 0.473. The number of benzene rings is 2. The molecule has 2 aromatic carbocycles. The molecule has 0 fully saturated rings. The van der Waals surface area contributed by atoms with Crippen molar-refractivity contribution in [2.75, 3.05) is 13.7 Å². The minimum atomic E-state index is -0.838. The van der Waals surface area contributed by atoms with Crippen LogP contribution in [0, 0.1) is 0 Å². The van der Waals surface area contributed by atoms with Crippen molar-refractivity contribution in [3.8, 4) is 5.75 Å². The van der Waals surface area contributed by atoms with Crippen LogP contribution in [0.4, 0.5) is 0 Å². The number of aromatic nitrogens is 1. The normalized spacial score (nSPS) is 15.0. The van der Waals surface area contributed by atoms with E-state index in [1.807, 2.05) is 43.3 Å². The van der Waals surface area contributed by atoms with Crippen LogP contribution >= 0.6 is 50.6 Å². The van der Waals surface area contributed by atoms with Crippen molar-refractivity contribution in [1.29, 1.82) is 0 Å². The van der Waals surface area contributed by atoms with E-state index in [0.717, 1.165) is 15.8 Å². The molecule has 2 aromatic heterocycles. The number of methoxy groups -OCH3 is 1. The van der Waals surface area contributed by atoms with E-state index in [1.165, 1.54) is 34.8 Å². The van der Waals surface area contributed by atoms with Gasteiger partial charge in [-0.3, -0.25) is 9.36 Å². The molecule has 3 heterocycles. The molecule has 1 atom stereocenters. The highest BCUT2D eigenvalue weighted by Gasteiger charge is 2.36. The van der Waals surface area contributed by atoms with Crippen molar-refractivity contribution >= 4 is 62.7 Å². The van der Waals surface area contributed by atoms with E-state index >= 15 is 0 Å². The number of halogens is 2. The van der Waals surface area contributed by atoms with Crippen molar-refractivity contribution in [2.45, 2.75) is 42.7 Å². The molecule has 41 heavy (non-hydrogen) atoms. The summed E-state index contributed by atoms with van der Waals surface area (Å²) in [4.78, 5) is 33.7. The number of fused-ring (bicyclic) bond motifs is 1. The van der Waals surface area contributed by atoms with Gasteiger partial charge in [-0.25, -0.2) is 9.79 Å². The molecule has 1 aliphatic heterocycles. The fraction of sp³-hybridized carbons (Fsp3) is 0.233. The second-order valence-corrected chi connectivity index (χ2v) is 12.3. The van der Waals surface area contributed by atoms with Gasteiger partial charge >= 0.3 is 5.97 Å². The van der Waals surface area contributed by atoms with Crippen LogP contribution in [0.3, 0.4) is 0 Å². The molecular weight excluding hydrogens is 648 g/mol. The SMILES string of the molecule is CCCC1=C(C(=O)OCC)[C@H](c2cc(Cl)ccc2OC)n2c(s/c(=C/c3cc(Br)c(Sc4ccccc4)o3)c2=O)=N1. The summed E-state index contributed by atoms with van der Waals surface area (Å²) in [6, 6.07) is 16.0. The molecule has 0 saturated carbocycles. The molecule has 0 spiro atoms. The van der Waals surface area contributed by atoms with E-state index in [2.05, 4.69) is 15.9 Å². The van der Waals surface area contributed by atoms with Gasteiger partial charge in [0, 0.05) is 21.6 Å². The Hall–Kier alpha value is -3.05. The summed E-state index contributed by atoms with van der Waals surface area (Å²) in [6.45, 7) is 3.94. The molecule has 0 unspecified atom stereocenters. The summed E-state index contributed by atoms with van der Waals surface area (Å²) >= 11 is 12.7. The van der Waals surface area contributed by atoms with Gasteiger partial charge < -0.3 is 13.9 Å². The molecule has 5 rings (SSSR count). The molecule has 7 nitrogen and oxygen atoms in total. The van der Waals surface area contributed by atoms with Crippen LogP contribution in [0.25, 0.3) is 6.08 Å². The molecule has 4 aromatic rings. The molecule has 212 valence electrons. The van der Waals surface area contributed by atoms with Gasteiger partial charge in [0.2, 0.25) is 0 Å². The number of ether oxygens (including phenoxy) is 2. The van der Waals surface area contributed by atoms with Gasteiger partial charge in [-0.15, -0.1) is 0 Å². The number of furan rings is 1. The highest BCUT2D eigenvalue weighted by Crippen LogP contribution is 2.39. The number of hydrogen-bond acceptors (Lipinski definition) is 8. The fourth-order valence-corrected chi connectivity index (χ4v) is 7.10. The summed E-state index contributed by atoms with van der Waals surface area (Å²) < 4.78 is 19.9. The second-order valence-electron chi connectivity index (χ2n) is 9.00. The maximum Gasteiger partial charge on any atom is 0.338 e. The Morgan fingerprint density at radius 3 is 2.71 bits per heavy atom. The Bertz CT molecular complexity index is 1810. The first-order chi connectivity index (χ1) is 19.8. The minimum Gasteiger partial charge on any atom is -0.496 e. The smallest absolute Gasteiger partial charge is 0.338 e. The number of carbonyl (C=O) groups excluding carboxylic acids is 1. The van der Waals surface area contributed by atoms with Crippen molar-refractivity contribution in [3.05, 3.63) is 106 Å². The summed E-state index contributed by atoms with van der Waals surface area (Å²) in [7, 11) is 1.54. The number of hydrogen-bond donors (Lipinski definition) is 0. The van der Waals surface area contributed by atoms with Crippen LogP contribution in [0.1, 0.15) is 44.1 Å². The predicted octanol–water partition coefficient (Wildman–Crippen LogP) is 6.75. The Kier molecular flexibility index (Phi) is 9.23. The van der Waals surface area contributed by atoms with Crippen molar-refractivity contribution in [2.24, 2.45) is 4.99 Å². The van der Waals surface area contributed by atoms with Crippen LogP contribution in [0.15, 0.2) is 94.5 Å². The maximum absolute atomic E-state index is 14.0. The molecule has 0 bridgehead atoms. The Morgan fingerprint density at radius 1 is 1.22 bits per heavy atom. The van der Waals surface area contributed by atoms with Crippen molar-refractivity contribution in [1.82, 2.24) is 4.57 Å². The highest BCUT2D eigenvalue weighted by molar-refractivity contribution is 9.10. The molecule has 0 N–H and O–H groups in total. The molecule has 11 heteroatoms. The largest absolute Gasteiger partial charge is 0.496 e. The molecule has 0 radical (unpaired) electrons. The molecule has 1 aliphatic rings. The number of carbonyl (C=O) groups is 1. The summed E-state index contributed by atoms with van der Waals surface area (Å²) in [5, 5.41) is 1.12. The quantitative estimate of drug-likeness (QED) is 0.183.